The van der Waals surface area contributed by atoms with E-state index >= 15 is 0 Å². The molecule has 0 radical (unpaired) electrons. The third kappa shape index (κ3) is 1.15. The second-order valence-electron chi connectivity index (χ2n) is 3.83. The van der Waals surface area contributed by atoms with E-state index in [1.165, 1.54) is 0 Å². The minimum atomic E-state index is -3.28. The van der Waals surface area contributed by atoms with Gasteiger partial charge in [-0.1, -0.05) is 36.4 Å². The maximum absolute atomic E-state index is 12.2. The Bertz CT molecular complexity index is 646. The number of fused-ring (bicyclic) bond motifs is 2. The lowest BCUT2D eigenvalue weighted by atomic mass is 10.0. The molecule has 2 nitrogen and oxygen atoms in total. The maximum Gasteiger partial charge on any atom is 0.207 e. The molecule has 2 aliphatic rings. The smallest absolute Gasteiger partial charge is 0.207 e. The molecule has 1 aromatic carbocycles. The molecule has 0 aromatic heterocycles. The van der Waals surface area contributed by atoms with Crippen LogP contribution in [0.2, 0.25) is 0 Å². The van der Waals surface area contributed by atoms with Crippen molar-refractivity contribution in [3.8, 4) is 0 Å². The van der Waals surface area contributed by atoms with Crippen molar-refractivity contribution in [2.24, 2.45) is 0 Å². The van der Waals surface area contributed by atoms with Crippen molar-refractivity contribution in [3.05, 3.63) is 59.0 Å². The number of rotatable bonds is 0. The molecule has 1 aliphatic carbocycles. The molecule has 0 amide bonds. The minimum Gasteiger partial charge on any atom is -0.218 e. The number of hydrogen-bond donors (Lipinski definition) is 0. The highest BCUT2D eigenvalue weighted by Gasteiger charge is 2.33. The van der Waals surface area contributed by atoms with E-state index in [2.05, 4.69) is 0 Å². The first-order valence-corrected chi connectivity index (χ1v) is 6.60. The minimum absolute atomic E-state index is 0.444. The zero-order chi connectivity index (χ0) is 11.2. The van der Waals surface area contributed by atoms with E-state index in [0.717, 1.165) is 11.1 Å². The van der Waals surface area contributed by atoms with Crippen LogP contribution < -0.4 is 0 Å². The van der Waals surface area contributed by atoms with Gasteiger partial charge >= 0.3 is 0 Å². The number of allylic oxidation sites excluding steroid dienone is 5. The summed E-state index contributed by atoms with van der Waals surface area (Å²) in [7, 11) is -3.28. The second-order valence-corrected chi connectivity index (χ2v) is 5.72. The second kappa shape index (κ2) is 3.19. The highest BCUT2D eigenvalue weighted by atomic mass is 32.2. The summed E-state index contributed by atoms with van der Waals surface area (Å²) < 4.78 is 24.5. The van der Waals surface area contributed by atoms with E-state index in [-0.39, 0.29) is 0 Å². The molecule has 80 valence electrons. The van der Waals surface area contributed by atoms with Gasteiger partial charge in [-0.15, -0.1) is 0 Å². The molecule has 0 saturated heterocycles. The Morgan fingerprint density at radius 1 is 1.06 bits per heavy atom. The summed E-state index contributed by atoms with van der Waals surface area (Å²) in [5.74, 6) is 0. The standard InChI is InChI=1S/C13H10O2S/c14-16(15)12-8-3-1-2-6-10(12)11-7-4-5-9-13(11)16/h1-5,7-9H,6H2. The molecule has 0 fully saturated rings. The Hall–Kier alpha value is -1.61. The molecular formula is C13H10O2S. The Kier molecular flexibility index (Phi) is 1.91. The molecule has 3 heteroatoms. The predicted molar refractivity (Wildman–Crippen MR) is 63.4 cm³/mol. The number of benzene rings is 1. The molecule has 1 aromatic rings. The molecule has 16 heavy (non-hydrogen) atoms. The van der Waals surface area contributed by atoms with Gasteiger partial charge in [-0.25, -0.2) is 8.42 Å². The Morgan fingerprint density at radius 3 is 2.75 bits per heavy atom. The Balaban J connectivity index is 2.38. The molecule has 0 unspecified atom stereocenters. The van der Waals surface area contributed by atoms with Crippen LogP contribution in [0, 0.1) is 0 Å². The van der Waals surface area contributed by atoms with Crippen LogP contribution in [0.1, 0.15) is 12.0 Å². The monoisotopic (exact) mass is 230 g/mol. The van der Waals surface area contributed by atoms with E-state index in [1.54, 1.807) is 24.3 Å². The fourth-order valence-corrected chi connectivity index (χ4v) is 3.92. The summed E-state index contributed by atoms with van der Waals surface area (Å²) in [5.41, 5.74) is 1.77. The summed E-state index contributed by atoms with van der Waals surface area (Å²) >= 11 is 0. The molecule has 0 spiro atoms. The first-order valence-electron chi connectivity index (χ1n) is 5.12. The topological polar surface area (TPSA) is 34.1 Å². The Morgan fingerprint density at radius 2 is 1.88 bits per heavy atom. The van der Waals surface area contributed by atoms with Crippen LogP contribution in [0.5, 0.6) is 0 Å². The molecule has 0 bridgehead atoms. The average Bonchev–Trinajstić information content (AvgIpc) is 2.50. The predicted octanol–water partition coefficient (Wildman–Crippen LogP) is 2.70. The molecule has 0 atom stereocenters. The third-order valence-corrected chi connectivity index (χ3v) is 4.80. The molecular weight excluding hydrogens is 220 g/mol. The van der Waals surface area contributed by atoms with Gasteiger partial charge in [-0.2, -0.15) is 0 Å². The van der Waals surface area contributed by atoms with E-state index in [1.807, 2.05) is 24.3 Å². The van der Waals surface area contributed by atoms with Gasteiger partial charge in [-0.3, -0.25) is 0 Å². The van der Waals surface area contributed by atoms with Crippen molar-refractivity contribution >= 4 is 15.4 Å². The van der Waals surface area contributed by atoms with Gasteiger partial charge in [0.05, 0.1) is 9.80 Å². The largest absolute Gasteiger partial charge is 0.218 e. The average molecular weight is 230 g/mol. The van der Waals surface area contributed by atoms with Crippen LogP contribution in [-0.4, -0.2) is 8.42 Å². The molecule has 3 rings (SSSR count). The zero-order valence-corrected chi connectivity index (χ0v) is 9.37. The van der Waals surface area contributed by atoms with Crippen LogP contribution in [-0.2, 0) is 9.84 Å². The van der Waals surface area contributed by atoms with Crippen LogP contribution >= 0.6 is 0 Å². The van der Waals surface area contributed by atoms with Crippen molar-refractivity contribution < 1.29 is 8.42 Å². The summed E-state index contributed by atoms with van der Waals surface area (Å²) in [6, 6.07) is 7.20. The number of sulfone groups is 1. The van der Waals surface area contributed by atoms with E-state index in [0.29, 0.717) is 16.2 Å². The zero-order valence-electron chi connectivity index (χ0n) is 8.55. The quantitative estimate of drug-likeness (QED) is 0.686. The first-order chi connectivity index (χ1) is 7.71. The number of hydrogen-bond acceptors (Lipinski definition) is 2. The Labute approximate surface area is 94.5 Å². The van der Waals surface area contributed by atoms with Gasteiger partial charge in [0.15, 0.2) is 0 Å². The van der Waals surface area contributed by atoms with Gasteiger partial charge in [0.2, 0.25) is 9.84 Å². The summed E-state index contributed by atoms with van der Waals surface area (Å²) in [6.45, 7) is 0. The lowest BCUT2D eigenvalue weighted by Crippen LogP contribution is -1.98. The SMILES string of the molecule is O=S1(=O)C2=C(CC=CC=C2)c2ccccc21. The summed E-state index contributed by atoms with van der Waals surface area (Å²) in [6.07, 6.45) is 8.02. The van der Waals surface area contributed by atoms with E-state index in [9.17, 15) is 8.42 Å². The van der Waals surface area contributed by atoms with Crippen molar-refractivity contribution in [2.45, 2.75) is 11.3 Å². The highest BCUT2D eigenvalue weighted by molar-refractivity contribution is 7.96. The molecule has 1 aliphatic heterocycles. The fraction of sp³-hybridized carbons (Fsp3) is 0.0769. The van der Waals surface area contributed by atoms with Gasteiger partial charge in [0.25, 0.3) is 0 Å². The molecule has 0 saturated carbocycles. The van der Waals surface area contributed by atoms with Crippen LogP contribution in [0.3, 0.4) is 0 Å². The summed E-state index contributed by atoms with van der Waals surface area (Å²) in [5, 5.41) is 0. The van der Waals surface area contributed by atoms with Crippen LogP contribution in [0.25, 0.3) is 5.57 Å². The van der Waals surface area contributed by atoms with Crippen LogP contribution in [0.15, 0.2) is 58.4 Å². The maximum atomic E-state index is 12.2. The highest BCUT2D eigenvalue weighted by Crippen LogP contribution is 2.42. The normalized spacial score (nSPS) is 20.5. The fourth-order valence-electron chi connectivity index (χ4n) is 2.17. The van der Waals surface area contributed by atoms with Gasteiger partial charge in [0.1, 0.15) is 0 Å². The van der Waals surface area contributed by atoms with Crippen molar-refractivity contribution in [1.29, 1.82) is 0 Å². The lowest BCUT2D eigenvalue weighted by Gasteiger charge is -1.99. The van der Waals surface area contributed by atoms with Gasteiger partial charge in [-0.05, 0) is 29.7 Å². The van der Waals surface area contributed by atoms with E-state index in [4.69, 9.17) is 0 Å². The molecule has 1 heterocycles. The van der Waals surface area contributed by atoms with Gasteiger partial charge < -0.3 is 0 Å². The van der Waals surface area contributed by atoms with Crippen molar-refractivity contribution in [3.63, 3.8) is 0 Å². The van der Waals surface area contributed by atoms with Crippen molar-refractivity contribution in [1.82, 2.24) is 0 Å². The van der Waals surface area contributed by atoms with Gasteiger partial charge in [0, 0.05) is 0 Å². The molecule has 0 N–H and O–H groups in total. The van der Waals surface area contributed by atoms with Crippen LogP contribution in [0.4, 0.5) is 0 Å². The third-order valence-electron chi connectivity index (χ3n) is 2.91. The first kappa shape index (κ1) is 9.60. The summed E-state index contributed by atoms with van der Waals surface area (Å²) in [4.78, 5) is 0.902. The lowest BCUT2D eigenvalue weighted by molar-refractivity contribution is 0.604. The van der Waals surface area contributed by atoms with E-state index < -0.39 is 9.84 Å². The van der Waals surface area contributed by atoms with Crippen molar-refractivity contribution in [2.75, 3.05) is 0 Å².